The van der Waals surface area contributed by atoms with Crippen LogP contribution in [0.5, 0.6) is 0 Å². The Kier molecular flexibility index (Phi) is 5.90. The van der Waals surface area contributed by atoms with E-state index >= 15 is 0 Å². The number of Topliss-reactive ketones (excluding diaryl/α,β-unsaturated/α-hetero) is 1. The van der Waals surface area contributed by atoms with Crippen molar-refractivity contribution in [3.63, 3.8) is 0 Å². The summed E-state index contributed by atoms with van der Waals surface area (Å²) >= 11 is 0. The molecule has 0 amide bonds. The van der Waals surface area contributed by atoms with E-state index in [-0.39, 0.29) is 23.4 Å². The molecule has 2 fully saturated rings. The minimum absolute atomic E-state index is 0.0102. The number of hydrogen-bond donors (Lipinski definition) is 1. The summed E-state index contributed by atoms with van der Waals surface area (Å²) in [4.78, 5) is 15.1. The highest BCUT2D eigenvalue weighted by Gasteiger charge is 2.29. The zero-order valence-corrected chi connectivity index (χ0v) is 16.3. The lowest BCUT2D eigenvalue weighted by Crippen LogP contribution is -2.36. The van der Waals surface area contributed by atoms with Crippen LogP contribution in [-0.4, -0.2) is 32.0 Å². The van der Waals surface area contributed by atoms with Gasteiger partial charge in [0.05, 0.1) is 5.69 Å². The number of ketones is 1. The van der Waals surface area contributed by atoms with E-state index < -0.39 is 11.6 Å². The Labute approximate surface area is 168 Å². The predicted molar refractivity (Wildman–Crippen MR) is 107 cm³/mol. The van der Waals surface area contributed by atoms with Gasteiger partial charge in [-0.2, -0.15) is 0 Å². The average molecular weight is 402 g/mol. The number of carbonyl (C=O) groups is 1. The Balaban J connectivity index is 1.52. The molecule has 0 spiro atoms. The monoisotopic (exact) mass is 402 g/mol. The molecule has 0 aliphatic carbocycles. The highest BCUT2D eigenvalue weighted by molar-refractivity contribution is 6.03. The first kappa shape index (κ1) is 20.0. The SMILES string of the molecule is O=C(c1ccc(F)cc1N1CCC(c2ccc(F)cc2F)CC1)C1CCNCC1. The van der Waals surface area contributed by atoms with Crippen molar-refractivity contribution < 1.29 is 18.0 Å². The number of nitrogens with zero attached hydrogens (tertiary/aromatic N) is 1. The molecule has 6 heteroatoms. The van der Waals surface area contributed by atoms with E-state index in [4.69, 9.17) is 0 Å². The second-order valence-electron chi connectivity index (χ2n) is 7.98. The van der Waals surface area contributed by atoms with Gasteiger partial charge in [0.25, 0.3) is 0 Å². The van der Waals surface area contributed by atoms with Crippen LogP contribution >= 0.6 is 0 Å². The van der Waals surface area contributed by atoms with Crippen LogP contribution in [0.15, 0.2) is 36.4 Å². The van der Waals surface area contributed by atoms with Gasteiger partial charge in [0.2, 0.25) is 0 Å². The maximum atomic E-state index is 14.1. The normalized spacial score (nSPS) is 18.8. The van der Waals surface area contributed by atoms with Gasteiger partial charge in [-0.3, -0.25) is 4.79 Å². The van der Waals surface area contributed by atoms with Crippen LogP contribution in [0.3, 0.4) is 0 Å². The van der Waals surface area contributed by atoms with Crippen LogP contribution in [0.25, 0.3) is 0 Å². The second kappa shape index (κ2) is 8.57. The first-order valence-corrected chi connectivity index (χ1v) is 10.3. The minimum atomic E-state index is -0.579. The molecular formula is C23H25F3N2O. The lowest BCUT2D eigenvalue weighted by Gasteiger charge is -2.35. The quantitative estimate of drug-likeness (QED) is 0.755. The molecule has 3 nitrogen and oxygen atoms in total. The van der Waals surface area contributed by atoms with E-state index in [1.165, 1.54) is 24.3 Å². The fourth-order valence-electron chi connectivity index (χ4n) is 4.54. The smallest absolute Gasteiger partial charge is 0.168 e. The van der Waals surface area contributed by atoms with E-state index in [9.17, 15) is 18.0 Å². The molecule has 29 heavy (non-hydrogen) atoms. The zero-order chi connectivity index (χ0) is 20.4. The lowest BCUT2D eigenvalue weighted by atomic mass is 9.86. The summed E-state index contributed by atoms with van der Waals surface area (Å²) in [7, 11) is 0. The van der Waals surface area contributed by atoms with Crippen molar-refractivity contribution in [2.75, 3.05) is 31.1 Å². The van der Waals surface area contributed by atoms with Crippen LogP contribution in [-0.2, 0) is 0 Å². The molecule has 2 aliphatic heterocycles. The van der Waals surface area contributed by atoms with Gasteiger partial charge in [-0.25, -0.2) is 13.2 Å². The highest BCUT2D eigenvalue weighted by Crippen LogP contribution is 2.34. The molecule has 0 unspecified atom stereocenters. The molecule has 0 radical (unpaired) electrons. The zero-order valence-electron chi connectivity index (χ0n) is 16.3. The summed E-state index contributed by atoms with van der Waals surface area (Å²) in [6, 6.07) is 8.10. The molecule has 2 aliphatic rings. The Morgan fingerprint density at radius 2 is 1.55 bits per heavy atom. The van der Waals surface area contributed by atoms with Gasteiger partial charge in [0.1, 0.15) is 17.5 Å². The van der Waals surface area contributed by atoms with Gasteiger partial charge >= 0.3 is 0 Å². The molecule has 154 valence electrons. The maximum Gasteiger partial charge on any atom is 0.168 e. The van der Waals surface area contributed by atoms with Gasteiger partial charge in [0, 0.05) is 30.6 Å². The number of piperidine rings is 2. The highest BCUT2D eigenvalue weighted by atomic mass is 19.1. The summed E-state index contributed by atoms with van der Waals surface area (Å²) in [5.41, 5.74) is 1.73. The lowest BCUT2D eigenvalue weighted by molar-refractivity contribution is 0.0895. The average Bonchev–Trinajstić information content (AvgIpc) is 2.74. The van der Waals surface area contributed by atoms with E-state index in [1.54, 1.807) is 6.07 Å². The van der Waals surface area contributed by atoms with Crippen LogP contribution in [0.1, 0.15) is 47.5 Å². The number of hydrogen-bond acceptors (Lipinski definition) is 3. The third-order valence-corrected chi connectivity index (χ3v) is 6.17. The standard InChI is InChI=1S/C23H25F3N2O/c24-17-1-3-19(21(26)13-17)15-7-11-28(12-8-15)22-14-18(25)2-4-20(22)23(29)16-5-9-27-10-6-16/h1-4,13-16,27H,5-12H2. The minimum Gasteiger partial charge on any atom is -0.371 e. The number of nitrogens with one attached hydrogen (secondary N) is 1. The van der Waals surface area contributed by atoms with Gasteiger partial charge in [-0.1, -0.05) is 6.07 Å². The molecule has 4 rings (SSSR count). The summed E-state index contributed by atoms with van der Waals surface area (Å²) < 4.78 is 41.3. The van der Waals surface area contributed by atoms with E-state index in [0.717, 1.165) is 32.0 Å². The fraction of sp³-hybridized carbons (Fsp3) is 0.435. The molecule has 2 aromatic carbocycles. The molecule has 0 aromatic heterocycles. The molecule has 0 bridgehead atoms. The van der Waals surface area contributed by atoms with Crippen molar-refractivity contribution in [1.29, 1.82) is 0 Å². The van der Waals surface area contributed by atoms with Gasteiger partial charge in [-0.05, 0) is 74.5 Å². The topological polar surface area (TPSA) is 32.3 Å². The second-order valence-corrected chi connectivity index (χ2v) is 7.98. The Bertz CT molecular complexity index is 888. The third kappa shape index (κ3) is 4.32. The third-order valence-electron chi connectivity index (χ3n) is 6.17. The summed E-state index contributed by atoms with van der Waals surface area (Å²) in [5, 5.41) is 3.26. The first-order chi connectivity index (χ1) is 14.0. The van der Waals surface area contributed by atoms with E-state index in [1.807, 2.05) is 4.90 Å². The molecule has 1 N–H and O–H groups in total. The van der Waals surface area contributed by atoms with Gasteiger partial charge in [-0.15, -0.1) is 0 Å². The fourth-order valence-corrected chi connectivity index (χ4v) is 4.54. The Morgan fingerprint density at radius 1 is 0.897 bits per heavy atom. The number of rotatable bonds is 4. The Hall–Kier alpha value is -2.34. The van der Waals surface area contributed by atoms with Gasteiger partial charge < -0.3 is 10.2 Å². The van der Waals surface area contributed by atoms with E-state index in [2.05, 4.69) is 5.32 Å². The summed E-state index contributed by atoms with van der Waals surface area (Å²) in [5.74, 6) is -1.43. The van der Waals surface area contributed by atoms with Crippen molar-refractivity contribution in [2.45, 2.75) is 31.6 Å². The summed E-state index contributed by atoms with van der Waals surface area (Å²) in [6.07, 6.45) is 2.92. The molecule has 2 aromatic rings. The largest absolute Gasteiger partial charge is 0.371 e. The van der Waals surface area contributed by atoms with Crippen molar-refractivity contribution in [1.82, 2.24) is 5.32 Å². The molecule has 2 heterocycles. The number of benzene rings is 2. The Morgan fingerprint density at radius 3 is 2.24 bits per heavy atom. The van der Waals surface area contributed by atoms with Crippen molar-refractivity contribution in [3.05, 3.63) is 65.0 Å². The van der Waals surface area contributed by atoms with Crippen LogP contribution in [0, 0.1) is 23.4 Å². The van der Waals surface area contributed by atoms with Crippen molar-refractivity contribution in [3.8, 4) is 0 Å². The number of halogens is 3. The number of carbonyl (C=O) groups excluding carboxylic acids is 1. The number of anilines is 1. The van der Waals surface area contributed by atoms with Crippen LogP contribution in [0.2, 0.25) is 0 Å². The molecule has 2 saturated heterocycles. The predicted octanol–water partition coefficient (Wildman–Crippen LogP) is 4.67. The van der Waals surface area contributed by atoms with Gasteiger partial charge in [0.15, 0.2) is 5.78 Å². The van der Waals surface area contributed by atoms with Crippen molar-refractivity contribution in [2.24, 2.45) is 5.92 Å². The summed E-state index contributed by atoms with van der Waals surface area (Å²) in [6.45, 7) is 2.83. The first-order valence-electron chi connectivity index (χ1n) is 10.3. The molecular weight excluding hydrogens is 377 g/mol. The maximum absolute atomic E-state index is 14.1. The van der Waals surface area contributed by atoms with Crippen LogP contribution in [0.4, 0.5) is 18.9 Å². The van der Waals surface area contributed by atoms with E-state index in [0.29, 0.717) is 42.7 Å². The van der Waals surface area contributed by atoms with Crippen LogP contribution < -0.4 is 10.2 Å². The van der Waals surface area contributed by atoms with Crippen molar-refractivity contribution >= 4 is 11.5 Å². The molecule has 0 atom stereocenters. The molecule has 0 saturated carbocycles.